The van der Waals surface area contributed by atoms with Gasteiger partial charge in [0.05, 0.1) is 5.41 Å². The Balaban J connectivity index is 3.18. The lowest BCUT2D eigenvalue weighted by molar-refractivity contribution is -0.128. The van der Waals surface area contributed by atoms with E-state index in [-0.39, 0.29) is 5.91 Å². The van der Waals surface area contributed by atoms with E-state index in [4.69, 9.17) is 5.73 Å². The molecule has 2 N–H and O–H groups in total. The highest BCUT2D eigenvalue weighted by Gasteiger charge is 2.38. The molecule has 0 unspecified atom stereocenters. The van der Waals surface area contributed by atoms with Crippen molar-refractivity contribution in [3.8, 4) is 0 Å². The number of para-hydroxylation sites is 1. The molecule has 0 heterocycles. The molecule has 21 heavy (non-hydrogen) atoms. The third kappa shape index (κ3) is 3.85. The minimum absolute atomic E-state index is 0.186. The van der Waals surface area contributed by atoms with Crippen molar-refractivity contribution in [3.05, 3.63) is 29.8 Å². The van der Waals surface area contributed by atoms with Crippen LogP contribution in [0.25, 0.3) is 0 Å². The molecule has 0 aromatic heterocycles. The largest absolute Gasteiger partial charge is 0.329 e. The van der Waals surface area contributed by atoms with E-state index >= 15 is 0 Å². The zero-order chi connectivity index (χ0) is 15.9. The second kappa shape index (κ2) is 8.18. The van der Waals surface area contributed by atoms with Gasteiger partial charge in [-0.05, 0) is 38.3 Å². The van der Waals surface area contributed by atoms with Crippen LogP contribution in [0.3, 0.4) is 0 Å². The van der Waals surface area contributed by atoms with E-state index in [1.807, 2.05) is 30.0 Å². The maximum Gasteiger partial charge on any atom is 0.234 e. The van der Waals surface area contributed by atoms with Crippen LogP contribution in [0.1, 0.15) is 52.0 Å². The average molecular weight is 290 g/mol. The first-order valence-corrected chi connectivity index (χ1v) is 8.14. The SMILES string of the molecule is CCCC(CN)(CCC)C(=O)N(CC)c1ccccc1C. The number of anilines is 1. The zero-order valence-corrected chi connectivity index (χ0v) is 14.0. The topological polar surface area (TPSA) is 46.3 Å². The van der Waals surface area contributed by atoms with Gasteiger partial charge in [-0.15, -0.1) is 0 Å². The van der Waals surface area contributed by atoms with Gasteiger partial charge in [0.2, 0.25) is 5.91 Å². The molecule has 0 aliphatic heterocycles. The summed E-state index contributed by atoms with van der Waals surface area (Å²) >= 11 is 0. The van der Waals surface area contributed by atoms with Crippen LogP contribution in [0.5, 0.6) is 0 Å². The summed E-state index contributed by atoms with van der Waals surface area (Å²) in [6.07, 6.45) is 3.68. The van der Waals surface area contributed by atoms with Crippen molar-refractivity contribution in [2.75, 3.05) is 18.0 Å². The standard InChI is InChI=1S/C18H30N2O/c1-5-12-18(14-19,13-6-2)17(21)20(7-3)16-11-9-8-10-15(16)4/h8-11H,5-7,12-14,19H2,1-4H3. The van der Waals surface area contributed by atoms with Gasteiger partial charge in [0, 0.05) is 18.8 Å². The highest BCUT2D eigenvalue weighted by molar-refractivity contribution is 5.98. The Hall–Kier alpha value is -1.35. The summed E-state index contributed by atoms with van der Waals surface area (Å²) in [5.41, 5.74) is 7.77. The molecule has 1 aromatic rings. The summed E-state index contributed by atoms with van der Waals surface area (Å²) in [6, 6.07) is 8.07. The van der Waals surface area contributed by atoms with E-state index in [0.717, 1.165) is 36.9 Å². The first-order chi connectivity index (χ1) is 10.1. The summed E-state index contributed by atoms with van der Waals surface area (Å²) in [6.45, 7) is 9.43. The maximum absolute atomic E-state index is 13.2. The minimum Gasteiger partial charge on any atom is -0.329 e. The molecule has 0 aliphatic rings. The van der Waals surface area contributed by atoms with E-state index in [1.165, 1.54) is 0 Å². The van der Waals surface area contributed by atoms with Crippen molar-refractivity contribution in [1.82, 2.24) is 0 Å². The second-order valence-corrected chi connectivity index (χ2v) is 5.82. The predicted molar refractivity (Wildman–Crippen MR) is 90.5 cm³/mol. The quantitative estimate of drug-likeness (QED) is 0.789. The van der Waals surface area contributed by atoms with E-state index in [9.17, 15) is 4.79 Å². The number of hydrogen-bond donors (Lipinski definition) is 1. The molecule has 1 rings (SSSR count). The fourth-order valence-corrected chi connectivity index (χ4v) is 3.16. The molecule has 118 valence electrons. The summed E-state index contributed by atoms with van der Waals surface area (Å²) < 4.78 is 0. The smallest absolute Gasteiger partial charge is 0.234 e. The van der Waals surface area contributed by atoms with Crippen LogP contribution < -0.4 is 10.6 Å². The van der Waals surface area contributed by atoms with Crippen LogP contribution in [-0.4, -0.2) is 19.0 Å². The van der Waals surface area contributed by atoms with Crippen molar-refractivity contribution >= 4 is 11.6 Å². The Bertz CT molecular complexity index is 450. The molecule has 1 aromatic carbocycles. The van der Waals surface area contributed by atoms with Crippen LogP contribution in [-0.2, 0) is 4.79 Å². The summed E-state index contributed by atoms with van der Waals surface area (Å²) in [5, 5.41) is 0. The Kier molecular flexibility index (Phi) is 6.90. The number of nitrogens with two attached hydrogens (primary N) is 1. The molecule has 0 atom stereocenters. The summed E-state index contributed by atoms with van der Waals surface area (Å²) in [4.78, 5) is 15.1. The Morgan fingerprint density at radius 2 is 1.71 bits per heavy atom. The lowest BCUT2D eigenvalue weighted by Gasteiger charge is -2.36. The van der Waals surface area contributed by atoms with Crippen molar-refractivity contribution in [2.45, 2.75) is 53.4 Å². The molecule has 0 radical (unpaired) electrons. The van der Waals surface area contributed by atoms with Gasteiger partial charge in [-0.1, -0.05) is 44.9 Å². The van der Waals surface area contributed by atoms with Gasteiger partial charge in [-0.25, -0.2) is 0 Å². The highest BCUT2D eigenvalue weighted by Crippen LogP contribution is 2.33. The van der Waals surface area contributed by atoms with Crippen LogP contribution in [0.15, 0.2) is 24.3 Å². The lowest BCUT2D eigenvalue weighted by atomic mass is 9.77. The average Bonchev–Trinajstić information content (AvgIpc) is 2.49. The molecule has 3 heteroatoms. The van der Waals surface area contributed by atoms with Crippen molar-refractivity contribution < 1.29 is 4.79 Å². The highest BCUT2D eigenvalue weighted by atomic mass is 16.2. The number of carbonyl (C=O) groups excluding carboxylic acids is 1. The van der Waals surface area contributed by atoms with E-state index in [0.29, 0.717) is 13.1 Å². The Morgan fingerprint density at radius 3 is 2.14 bits per heavy atom. The molecule has 0 fully saturated rings. The molecule has 0 saturated carbocycles. The molecule has 0 aliphatic carbocycles. The van der Waals surface area contributed by atoms with E-state index in [2.05, 4.69) is 26.8 Å². The van der Waals surface area contributed by atoms with Crippen molar-refractivity contribution in [2.24, 2.45) is 11.1 Å². The zero-order valence-electron chi connectivity index (χ0n) is 14.0. The van der Waals surface area contributed by atoms with Gasteiger partial charge < -0.3 is 10.6 Å². The van der Waals surface area contributed by atoms with Crippen molar-refractivity contribution in [3.63, 3.8) is 0 Å². The fourth-order valence-electron chi connectivity index (χ4n) is 3.16. The monoisotopic (exact) mass is 290 g/mol. The Morgan fingerprint density at radius 1 is 1.14 bits per heavy atom. The van der Waals surface area contributed by atoms with Crippen LogP contribution in [0.4, 0.5) is 5.69 Å². The van der Waals surface area contributed by atoms with Gasteiger partial charge in [0.25, 0.3) is 0 Å². The van der Waals surface area contributed by atoms with Crippen LogP contribution in [0, 0.1) is 12.3 Å². The number of hydrogen-bond acceptors (Lipinski definition) is 2. The van der Waals surface area contributed by atoms with Crippen LogP contribution in [0.2, 0.25) is 0 Å². The second-order valence-electron chi connectivity index (χ2n) is 5.82. The third-order valence-electron chi connectivity index (χ3n) is 4.27. The maximum atomic E-state index is 13.2. The molecule has 0 bridgehead atoms. The fraction of sp³-hybridized carbons (Fsp3) is 0.611. The molecule has 3 nitrogen and oxygen atoms in total. The normalized spacial score (nSPS) is 11.5. The van der Waals surface area contributed by atoms with Gasteiger partial charge in [-0.3, -0.25) is 4.79 Å². The Labute approximate surface area is 129 Å². The summed E-state index contributed by atoms with van der Waals surface area (Å²) in [7, 11) is 0. The number of nitrogens with zero attached hydrogens (tertiary/aromatic N) is 1. The molecule has 0 saturated heterocycles. The number of carbonyl (C=O) groups is 1. The van der Waals surface area contributed by atoms with Gasteiger partial charge in [0.15, 0.2) is 0 Å². The van der Waals surface area contributed by atoms with Gasteiger partial charge in [0.1, 0.15) is 0 Å². The first-order valence-electron chi connectivity index (χ1n) is 8.14. The summed E-state index contributed by atoms with van der Waals surface area (Å²) in [5.74, 6) is 0.186. The molecular formula is C18H30N2O. The number of amides is 1. The molecule has 0 spiro atoms. The van der Waals surface area contributed by atoms with E-state index in [1.54, 1.807) is 0 Å². The van der Waals surface area contributed by atoms with E-state index < -0.39 is 5.41 Å². The third-order valence-corrected chi connectivity index (χ3v) is 4.27. The number of rotatable bonds is 8. The number of benzene rings is 1. The van der Waals surface area contributed by atoms with Gasteiger partial charge in [-0.2, -0.15) is 0 Å². The first kappa shape index (κ1) is 17.7. The van der Waals surface area contributed by atoms with Crippen molar-refractivity contribution in [1.29, 1.82) is 0 Å². The molecular weight excluding hydrogens is 260 g/mol. The van der Waals surface area contributed by atoms with Gasteiger partial charge >= 0.3 is 0 Å². The van der Waals surface area contributed by atoms with Crippen LogP contribution >= 0.6 is 0 Å². The molecule has 1 amide bonds. The number of aryl methyl sites for hydroxylation is 1. The minimum atomic E-state index is -0.415. The lowest BCUT2D eigenvalue weighted by Crippen LogP contribution is -2.48. The predicted octanol–water partition coefficient (Wildman–Crippen LogP) is 3.89.